The Labute approximate surface area is 110 Å². The number of methoxy groups -OCH3 is 1. The Morgan fingerprint density at radius 1 is 1.22 bits per heavy atom. The summed E-state index contributed by atoms with van der Waals surface area (Å²) in [4.78, 5) is 11.1. The topological polar surface area (TPSA) is 35.1 Å². The van der Waals surface area contributed by atoms with Crippen molar-refractivity contribution in [2.45, 2.75) is 58.5 Å². The summed E-state index contributed by atoms with van der Waals surface area (Å²) in [5, 5.41) is 0. The number of hydrogen-bond acceptors (Lipinski definition) is 2. The van der Waals surface area contributed by atoms with E-state index in [1.807, 2.05) is 23.3 Å². The van der Waals surface area contributed by atoms with E-state index in [-0.39, 0.29) is 5.97 Å². The summed E-state index contributed by atoms with van der Waals surface area (Å²) in [6, 6.07) is 0. The molecule has 0 aliphatic carbocycles. The molecule has 0 fully saturated rings. The van der Waals surface area contributed by atoms with Gasteiger partial charge in [0, 0.05) is 0 Å². The van der Waals surface area contributed by atoms with Crippen molar-refractivity contribution in [1.29, 1.82) is 0 Å². The first-order valence-electron chi connectivity index (χ1n) is 6.88. The Morgan fingerprint density at radius 2 is 1.94 bits per heavy atom. The Morgan fingerprint density at radius 3 is 2.67 bits per heavy atom. The number of aromatic nitrogens is 2. The second-order valence-corrected chi connectivity index (χ2v) is 4.67. The maximum Gasteiger partial charge on any atom is 0.348 e. The number of unbranched alkanes of at least 4 members (excludes halogenated alkanes) is 5. The number of imidazole rings is 1. The Hall–Kier alpha value is -1.32. The molecule has 1 heterocycles. The van der Waals surface area contributed by atoms with Crippen molar-refractivity contribution in [3.05, 3.63) is 18.7 Å². The predicted octanol–water partition coefficient (Wildman–Crippen LogP) is 2.31. The molecular formula is C14H25N2O2+. The quantitative estimate of drug-likeness (QED) is 0.384. The van der Waals surface area contributed by atoms with Gasteiger partial charge < -0.3 is 4.74 Å². The molecule has 1 rings (SSSR count). The molecule has 102 valence electrons. The third-order valence-electron chi connectivity index (χ3n) is 3.06. The van der Waals surface area contributed by atoms with Crippen LogP contribution in [0.3, 0.4) is 0 Å². The van der Waals surface area contributed by atoms with Crippen LogP contribution in [0.1, 0.15) is 45.4 Å². The zero-order chi connectivity index (χ0) is 13.2. The van der Waals surface area contributed by atoms with E-state index in [2.05, 4.69) is 16.2 Å². The molecular weight excluding hydrogens is 228 g/mol. The number of carbonyl (C=O) groups is 1. The minimum atomic E-state index is -0.211. The van der Waals surface area contributed by atoms with E-state index in [1.54, 1.807) is 0 Å². The van der Waals surface area contributed by atoms with Crippen LogP contribution in [0.25, 0.3) is 0 Å². The van der Waals surface area contributed by atoms with Crippen molar-refractivity contribution in [2.75, 3.05) is 7.11 Å². The van der Waals surface area contributed by atoms with Crippen LogP contribution in [0.2, 0.25) is 0 Å². The summed E-state index contributed by atoms with van der Waals surface area (Å²) in [5.41, 5.74) is 0. The molecule has 0 saturated heterocycles. The largest absolute Gasteiger partial charge is 0.466 e. The second kappa shape index (κ2) is 8.72. The molecule has 4 heteroatoms. The molecule has 0 saturated carbocycles. The maximum atomic E-state index is 11.1. The smallest absolute Gasteiger partial charge is 0.348 e. The molecule has 0 aliphatic rings. The second-order valence-electron chi connectivity index (χ2n) is 4.67. The summed E-state index contributed by atoms with van der Waals surface area (Å²) in [5.74, 6) is -0.211. The van der Waals surface area contributed by atoms with Crippen LogP contribution in [0.15, 0.2) is 18.7 Å². The van der Waals surface area contributed by atoms with Crippen LogP contribution >= 0.6 is 0 Å². The predicted molar refractivity (Wildman–Crippen MR) is 70.0 cm³/mol. The lowest BCUT2D eigenvalue weighted by Gasteiger charge is -1.98. The molecule has 0 unspecified atom stereocenters. The normalized spacial score (nSPS) is 10.6. The van der Waals surface area contributed by atoms with Crippen molar-refractivity contribution >= 4 is 5.97 Å². The van der Waals surface area contributed by atoms with E-state index in [9.17, 15) is 4.79 Å². The zero-order valence-electron chi connectivity index (χ0n) is 11.6. The highest BCUT2D eigenvalue weighted by molar-refractivity contribution is 5.67. The first-order chi connectivity index (χ1) is 8.76. The van der Waals surface area contributed by atoms with Gasteiger partial charge in [0.25, 0.3) is 0 Å². The molecule has 1 aromatic rings. The SMILES string of the molecule is CCCCCCCCn1cc[n+](CC(=O)OC)c1. The Bertz CT molecular complexity index is 347. The van der Waals surface area contributed by atoms with Gasteiger partial charge in [0.1, 0.15) is 12.4 Å². The number of aryl methyl sites for hydroxylation is 1. The van der Waals surface area contributed by atoms with Gasteiger partial charge in [0.2, 0.25) is 6.33 Å². The van der Waals surface area contributed by atoms with Gasteiger partial charge in [-0.25, -0.2) is 13.9 Å². The first-order valence-corrected chi connectivity index (χ1v) is 6.88. The number of hydrogen-bond donors (Lipinski definition) is 0. The minimum absolute atomic E-state index is 0.211. The number of nitrogens with zero attached hydrogens (tertiary/aromatic N) is 2. The lowest BCUT2D eigenvalue weighted by Crippen LogP contribution is -2.36. The van der Waals surface area contributed by atoms with E-state index in [1.165, 1.54) is 45.6 Å². The van der Waals surface area contributed by atoms with Crippen molar-refractivity contribution in [3.8, 4) is 0 Å². The molecule has 0 aliphatic heterocycles. The highest BCUT2D eigenvalue weighted by atomic mass is 16.5. The standard InChI is InChI=1S/C14H25N2O2/c1-3-4-5-6-7-8-9-15-10-11-16(13-15)12-14(17)18-2/h10-11,13H,3-9,12H2,1-2H3/q+1. The fraction of sp³-hybridized carbons (Fsp3) is 0.714. The highest BCUT2D eigenvalue weighted by Gasteiger charge is 2.08. The van der Waals surface area contributed by atoms with Gasteiger partial charge >= 0.3 is 5.97 Å². The lowest BCUT2D eigenvalue weighted by atomic mass is 10.1. The number of ether oxygens (including phenoxy) is 1. The summed E-state index contributed by atoms with van der Waals surface area (Å²) in [7, 11) is 1.41. The third-order valence-corrected chi connectivity index (χ3v) is 3.06. The molecule has 0 atom stereocenters. The van der Waals surface area contributed by atoms with Gasteiger partial charge in [-0.1, -0.05) is 32.6 Å². The maximum absolute atomic E-state index is 11.1. The van der Waals surface area contributed by atoms with Crippen molar-refractivity contribution in [2.24, 2.45) is 0 Å². The van der Waals surface area contributed by atoms with E-state index < -0.39 is 0 Å². The first kappa shape index (κ1) is 14.7. The summed E-state index contributed by atoms with van der Waals surface area (Å²) in [6.45, 7) is 3.56. The van der Waals surface area contributed by atoms with E-state index in [0.717, 1.165) is 6.54 Å². The van der Waals surface area contributed by atoms with Crippen molar-refractivity contribution in [3.63, 3.8) is 0 Å². The average Bonchev–Trinajstić information content (AvgIpc) is 2.81. The number of esters is 1. The zero-order valence-corrected chi connectivity index (χ0v) is 11.6. The van der Waals surface area contributed by atoms with Gasteiger partial charge in [0.15, 0.2) is 6.54 Å². The van der Waals surface area contributed by atoms with Gasteiger partial charge in [-0.05, 0) is 12.8 Å². The van der Waals surface area contributed by atoms with Crippen LogP contribution in [0.5, 0.6) is 0 Å². The van der Waals surface area contributed by atoms with Crippen molar-refractivity contribution in [1.82, 2.24) is 4.57 Å². The van der Waals surface area contributed by atoms with Crippen LogP contribution in [0.4, 0.5) is 0 Å². The average molecular weight is 253 g/mol. The lowest BCUT2D eigenvalue weighted by molar-refractivity contribution is -0.685. The highest BCUT2D eigenvalue weighted by Crippen LogP contribution is 2.05. The van der Waals surface area contributed by atoms with Crippen LogP contribution in [-0.2, 0) is 22.6 Å². The third kappa shape index (κ3) is 5.84. The molecule has 0 spiro atoms. The summed E-state index contributed by atoms with van der Waals surface area (Å²) in [6.07, 6.45) is 13.7. The molecule has 0 bridgehead atoms. The molecule has 0 radical (unpaired) electrons. The monoisotopic (exact) mass is 253 g/mol. The fourth-order valence-electron chi connectivity index (χ4n) is 1.95. The summed E-state index contributed by atoms with van der Waals surface area (Å²) < 4.78 is 8.61. The number of carbonyl (C=O) groups excluding carboxylic acids is 1. The van der Waals surface area contributed by atoms with Crippen LogP contribution in [-0.4, -0.2) is 17.6 Å². The molecule has 18 heavy (non-hydrogen) atoms. The number of rotatable bonds is 9. The molecule has 0 aromatic carbocycles. The molecule has 0 amide bonds. The van der Waals surface area contributed by atoms with E-state index >= 15 is 0 Å². The summed E-state index contributed by atoms with van der Waals surface area (Å²) >= 11 is 0. The molecule has 1 aromatic heterocycles. The molecule has 0 N–H and O–H groups in total. The Kier molecular flexibility index (Phi) is 7.14. The van der Waals surface area contributed by atoms with Crippen LogP contribution < -0.4 is 4.57 Å². The van der Waals surface area contributed by atoms with E-state index in [0.29, 0.717) is 6.54 Å². The van der Waals surface area contributed by atoms with Gasteiger partial charge in [-0.15, -0.1) is 0 Å². The minimum Gasteiger partial charge on any atom is -0.466 e. The van der Waals surface area contributed by atoms with Gasteiger partial charge in [-0.3, -0.25) is 0 Å². The van der Waals surface area contributed by atoms with E-state index in [4.69, 9.17) is 0 Å². The van der Waals surface area contributed by atoms with Gasteiger partial charge in [0.05, 0.1) is 13.7 Å². The van der Waals surface area contributed by atoms with Crippen LogP contribution in [0, 0.1) is 0 Å². The Balaban J connectivity index is 2.17. The van der Waals surface area contributed by atoms with Gasteiger partial charge in [-0.2, -0.15) is 0 Å². The molecule has 4 nitrogen and oxygen atoms in total. The fourth-order valence-corrected chi connectivity index (χ4v) is 1.95. The van der Waals surface area contributed by atoms with Crippen molar-refractivity contribution < 1.29 is 14.1 Å².